The van der Waals surface area contributed by atoms with Gasteiger partial charge < -0.3 is 15.0 Å². The highest BCUT2D eigenvalue weighted by Crippen LogP contribution is 2.23. The number of nitrogens with zero attached hydrogens (tertiary/aromatic N) is 1. The molecule has 2 rings (SSSR count). The van der Waals surface area contributed by atoms with Crippen LogP contribution in [0.3, 0.4) is 0 Å². The van der Waals surface area contributed by atoms with Crippen LogP contribution in [-0.4, -0.2) is 24.1 Å². The number of ether oxygens (including phenoxy) is 1. The van der Waals surface area contributed by atoms with Crippen LogP contribution in [0.5, 0.6) is 5.75 Å². The lowest BCUT2D eigenvalue weighted by Crippen LogP contribution is -2.20. The van der Waals surface area contributed by atoms with Gasteiger partial charge in [0.05, 0.1) is 7.11 Å². The van der Waals surface area contributed by atoms with Crippen molar-refractivity contribution in [3.05, 3.63) is 47.8 Å². The predicted octanol–water partition coefficient (Wildman–Crippen LogP) is 2.06. The van der Waals surface area contributed by atoms with E-state index >= 15 is 0 Å². The molecule has 0 amide bonds. The van der Waals surface area contributed by atoms with E-state index in [1.165, 1.54) is 13.2 Å². The van der Waals surface area contributed by atoms with Gasteiger partial charge in [-0.1, -0.05) is 6.07 Å². The smallest absolute Gasteiger partial charge is 0.131 e. The maximum absolute atomic E-state index is 14.0. The van der Waals surface area contributed by atoms with Gasteiger partial charge in [0, 0.05) is 36.5 Å². The predicted molar refractivity (Wildman–Crippen MR) is 67.0 cm³/mol. The fraction of sp³-hybridized carbons (Fsp3) is 0.308. The van der Waals surface area contributed by atoms with Crippen molar-refractivity contribution >= 4 is 0 Å². The SMILES string of the molecule is CNC(Cc1ncc[nH]1)c1ccc(OC)cc1F. The Bertz CT molecular complexity index is 499. The molecule has 0 aliphatic rings. The number of hydrogen-bond donors (Lipinski definition) is 2. The number of rotatable bonds is 5. The number of likely N-dealkylation sites (N-methyl/N-ethyl adjacent to an activating group) is 1. The van der Waals surface area contributed by atoms with E-state index in [4.69, 9.17) is 4.74 Å². The second-order valence-corrected chi connectivity index (χ2v) is 3.97. The lowest BCUT2D eigenvalue weighted by molar-refractivity contribution is 0.409. The Kier molecular flexibility index (Phi) is 3.94. The molecule has 0 bridgehead atoms. The number of H-pyrrole nitrogens is 1. The molecule has 2 aromatic rings. The third kappa shape index (κ3) is 2.68. The fourth-order valence-corrected chi connectivity index (χ4v) is 1.89. The minimum Gasteiger partial charge on any atom is -0.497 e. The molecule has 96 valence electrons. The van der Waals surface area contributed by atoms with Crippen molar-refractivity contribution in [2.24, 2.45) is 0 Å². The summed E-state index contributed by atoms with van der Waals surface area (Å²) in [5, 5.41) is 3.09. The first kappa shape index (κ1) is 12.6. The van der Waals surface area contributed by atoms with E-state index in [0.29, 0.717) is 17.7 Å². The summed E-state index contributed by atoms with van der Waals surface area (Å²) in [6, 6.07) is 4.76. The molecule has 5 heteroatoms. The highest BCUT2D eigenvalue weighted by atomic mass is 19.1. The van der Waals surface area contributed by atoms with Crippen LogP contribution >= 0.6 is 0 Å². The highest BCUT2D eigenvalue weighted by Gasteiger charge is 2.16. The molecular formula is C13H16FN3O. The molecule has 18 heavy (non-hydrogen) atoms. The Labute approximate surface area is 105 Å². The van der Waals surface area contributed by atoms with Gasteiger partial charge >= 0.3 is 0 Å². The number of methoxy groups -OCH3 is 1. The van der Waals surface area contributed by atoms with Crippen molar-refractivity contribution in [2.75, 3.05) is 14.2 Å². The summed E-state index contributed by atoms with van der Waals surface area (Å²) in [7, 11) is 3.32. The Morgan fingerprint density at radius 2 is 2.33 bits per heavy atom. The summed E-state index contributed by atoms with van der Waals surface area (Å²) in [5.74, 6) is 1.06. The Hall–Kier alpha value is -1.88. The minimum atomic E-state index is -0.278. The van der Waals surface area contributed by atoms with Crippen LogP contribution in [0.1, 0.15) is 17.4 Å². The number of aromatic nitrogens is 2. The maximum atomic E-state index is 14.0. The summed E-state index contributed by atoms with van der Waals surface area (Å²) in [6.45, 7) is 0. The maximum Gasteiger partial charge on any atom is 0.131 e. The van der Waals surface area contributed by atoms with Gasteiger partial charge in [-0.15, -0.1) is 0 Å². The first-order valence-electron chi connectivity index (χ1n) is 5.73. The first-order valence-corrected chi connectivity index (χ1v) is 5.73. The fourth-order valence-electron chi connectivity index (χ4n) is 1.89. The van der Waals surface area contributed by atoms with Gasteiger partial charge in [0.25, 0.3) is 0 Å². The third-order valence-corrected chi connectivity index (χ3v) is 2.88. The molecule has 4 nitrogen and oxygen atoms in total. The van der Waals surface area contributed by atoms with Crippen molar-refractivity contribution in [2.45, 2.75) is 12.5 Å². The summed E-state index contributed by atoms with van der Waals surface area (Å²) in [4.78, 5) is 7.17. The highest BCUT2D eigenvalue weighted by molar-refractivity contribution is 5.31. The molecule has 0 saturated heterocycles. The Morgan fingerprint density at radius 3 is 2.89 bits per heavy atom. The van der Waals surface area contributed by atoms with Crippen molar-refractivity contribution in [3.8, 4) is 5.75 Å². The van der Waals surface area contributed by atoms with Crippen LogP contribution in [0.4, 0.5) is 4.39 Å². The van der Waals surface area contributed by atoms with Gasteiger partial charge in [0.1, 0.15) is 17.4 Å². The molecule has 0 radical (unpaired) electrons. The molecule has 1 unspecified atom stereocenters. The summed E-state index contributed by atoms with van der Waals surface area (Å²) < 4.78 is 18.9. The van der Waals surface area contributed by atoms with E-state index in [-0.39, 0.29) is 11.9 Å². The summed E-state index contributed by atoms with van der Waals surface area (Å²) in [6.07, 6.45) is 4.05. The topological polar surface area (TPSA) is 49.9 Å². The molecule has 0 spiro atoms. The van der Waals surface area contributed by atoms with E-state index in [1.54, 1.807) is 31.6 Å². The first-order chi connectivity index (χ1) is 8.74. The third-order valence-electron chi connectivity index (χ3n) is 2.88. The van der Waals surface area contributed by atoms with Gasteiger partial charge in [-0.2, -0.15) is 0 Å². The van der Waals surface area contributed by atoms with Crippen LogP contribution in [0.25, 0.3) is 0 Å². The molecule has 0 aliphatic heterocycles. The molecule has 1 aromatic carbocycles. The zero-order valence-electron chi connectivity index (χ0n) is 10.4. The number of aromatic amines is 1. The number of hydrogen-bond acceptors (Lipinski definition) is 3. The lowest BCUT2D eigenvalue weighted by atomic mass is 10.0. The molecule has 1 heterocycles. The zero-order chi connectivity index (χ0) is 13.0. The standard InChI is InChI=1S/C13H16FN3O/c1-15-12(8-13-16-5-6-17-13)10-4-3-9(18-2)7-11(10)14/h3-7,12,15H,8H2,1-2H3,(H,16,17). The largest absolute Gasteiger partial charge is 0.497 e. The molecular weight excluding hydrogens is 233 g/mol. The van der Waals surface area contributed by atoms with E-state index in [2.05, 4.69) is 15.3 Å². The van der Waals surface area contributed by atoms with Crippen LogP contribution in [0, 0.1) is 5.82 Å². The van der Waals surface area contributed by atoms with Crippen molar-refractivity contribution in [1.82, 2.24) is 15.3 Å². The van der Waals surface area contributed by atoms with E-state index < -0.39 is 0 Å². The van der Waals surface area contributed by atoms with Gasteiger partial charge in [0.15, 0.2) is 0 Å². The van der Waals surface area contributed by atoms with E-state index in [1.807, 2.05) is 0 Å². The van der Waals surface area contributed by atoms with Gasteiger partial charge in [-0.05, 0) is 13.1 Å². The second-order valence-electron chi connectivity index (χ2n) is 3.97. The minimum absolute atomic E-state index is 0.123. The molecule has 0 fully saturated rings. The monoisotopic (exact) mass is 249 g/mol. The van der Waals surface area contributed by atoms with Crippen LogP contribution in [-0.2, 0) is 6.42 Å². The van der Waals surface area contributed by atoms with Crippen molar-refractivity contribution < 1.29 is 9.13 Å². The van der Waals surface area contributed by atoms with Crippen molar-refractivity contribution in [1.29, 1.82) is 0 Å². The van der Waals surface area contributed by atoms with Gasteiger partial charge in [-0.3, -0.25) is 0 Å². The summed E-state index contributed by atoms with van der Waals surface area (Å²) >= 11 is 0. The Morgan fingerprint density at radius 1 is 1.50 bits per heavy atom. The van der Waals surface area contributed by atoms with Gasteiger partial charge in [0.2, 0.25) is 0 Å². The average Bonchev–Trinajstić information content (AvgIpc) is 2.89. The molecule has 0 aliphatic carbocycles. The molecule has 1 aromatic heterocycles. The van der Waals surface area contributed by atoms with E-state index in [9.17, 15) is 4.39 Å². The van der Waals surface area contributed by atoms with Crippen LogP contribution in [0.2, 0.25) is 0 Å². The van der Waals surface area contributed by atoms with Crippen LogP contribution < -0.4 is 10.1 Å². The zero-order valence-corrected chi connectivity index (χ0v) is 10.4. The number of nitrogens with one attached hydrogen (secondary N) is 2. The van der Waals surface area contributed by atoms with E-state index in [0.717, 1.165) is 5.82 Å². The normalized spacial score (nSPS) is 12.4. The quantitative estimate of drug-likeness (QED) is 0.852. The molecule has 1 atom stereocenters. The lowest BCUT2D eigenvalue weighted by Gasteiger charge is -2.16. The summed E-state index contributed by atoms with van der Waals surface area (Å²) in [5.41, 5.74) is 0.606. The molecule has 0 saturated carbocycles. The van der Waals surface area contributed by atoms with Crippen molar-refractivity contribution in [3.63, 3.8) is 0 Å². The number of benzene rings is 1. The number of halogens is 1. The van der Waals surface area contributed by atoms with Crippen LogP contribution in [0.15, 0.2) is 30.6 Å². The second kappa shape index (κ2) is 5.64. The van der Waals surface area contributed by atoms with Gasteiger partial charge in [-0.25, -0.2) is 9.37 Å². The average molecular weight is 249 g/mol. The molecule has 2 N–H and O–H groups in total. The Balaban J connectivity index is 2.22. The number of imidazole rings is 1.